The summed E-state index contributed by atoms with van der Waals surface area (Å²) in [6, 6.07) is 5.64. The van der Waals surface area contributed by atoms with Crippen LogP contribution in [-0.4, -0.2) is 22.3 Å². The van der Waals surface area contributed by atoms with E-state index in [4.69, 9.17) is 10.5 Å². The predicted molar refractivity (Wildman–Crippen MR) is 90.4 cm³/mol. The maximum absolute atomic E-state index is 11.8. The Bertz CT molecular complexity index is 683. The van der Waals surface area contributed by atoms with Crippen molar-refractivity contribution in [2.75, 3.05) is 11.5 Å². The van der Waals surface area contributed by atoms with Crippen LogP contribution < -0.4 is 5.73 Å². The number of carbonyl (C=O) groups excluding carboxylic acids is 1. The molecule has 0 amide bonds. The number of nitrogens with zero attached hydrogens (tertiary/aromatic N) is 1. The van der Waals surface area contributed by atoms with Crippen LogP contribution in [0.5, 0.6) is 0 Å². The number of rotatable bonds is 3. The number of hydrogen-bond acceptors (Lipinski definition) is 5. The standard InChI is InChI=1S/C15H17BrN2O2S/c1-15(2,3)20-13(19)8-21-12-5-4-11(17)10-6-9(16)7-18-14(10)12/h4-7H,8,17H2,1-3H3. The van der Waals surface area contributed by atoms with Gasteiger partial charge in [-0.3, -0.25) is 9.78 Å². The van der Waals surface area contributed by atoms with Gasteiger partial charge >= 0.3 is 5.97 Å². The van der Waals surface area contributed by atoms with Crippen molar-refractivity contribution >= 4 is 50.3 Å². The lowest BCUT2D eigenvalue weighted by Crippen LogP contribution is -2.24. The minimum Gasteiger partial charge on any atom is -0.459 e. The Morgan fingerprint density at radius 3 is 2.81 bits per heavy atom. The number of carbonyl (C=O) groups is 1. The molecule has 0 aliphatic heterocycles. The molecular weight excluding hydrogens is 352 g/mol. The summed E-state index contributed by atoms with van der Waals surface area (Å²) in [6.07, 6.45) is 1.72. The van der Waals surface area contributed by atoms with Crippen LogP contribution in [0.3, 0.4) is 0 Å². The van der Waals surface area contributed by atoms with Crippen molar-refractivity contribution in [2.45, 2.75) is 31.3 Å². The Labute approximate surface area is 136 Å². The van der Waals surface area contributed by atoms with E-state index in [0.29, 0.717) is 5.69 Å². The lowest BCUT2D eigenvalue weighted by atomic mass is 10.2. The fraction of sp³-hybridized carbons (Fsp3) is 0.333. The van der Waals surface area contributed by atoms with Gasteiger partial charge in [-0.2, -0.15) is 0 Å². The Balaban J connectivity index is 2.20. The summed E-state index contributed by atoms with van der Waals surface area (Å²) in [5.74, 6) is 0.00296. The number of esters is 1. The van der Waals surface area contributed by atoms with Crippen LogP contribution >= 0.6 is 27.7 Å². The first-order chi connectivity index (χ1) is 9.76. The zero-order chi connectivity index (χ0) is 15.6. The molecule has 0 radical (unpaired) electrons. The average Bonchev–Trinajstić information content (AvgIpc) is 2.36. The Kier molecular flexibility index (Phi) is 4.78. The van der Waals surface area contributed by atoms with Crippen molar-refractivity contribution in [1.29, 1.82) is 0 Å². The number of pyridine rings is 1. The van der Waals surface area contributed by atoms with E-state index in [0.717, 1.165) is 20.3 Å². The minimum atomic E-state index is -0.468. The van der Waals surface area contributed by atoms with Crippen LogP contribution in [0.1, 0.15) is 20.8 Å². The Hall–Kier alpha value is -1.27. The molecule has 0 spiro atoms. The second-order valence-electron chi connectivity index (χ2n) is 5.58. The molecule has 4 nitrogen and oxygen atoms in total. The van der Waals surface area contributed by atoms with Gasteiger partial charge < -0.3 is 10.5 Å². The molecule has 21 heavy (non-hydrogen) atoms. The van der Waals surface area contributed by atoms with Crippen LogP contribution in [0.25, 0.3) is 10.9 Å². The Morgan fingerprint density at radius 2 is 2.14 bits per heavy atom. The largest absolute Gasteiger partial charge is 0.459 e. The molecule has 0 fully saturated rings. The van der Waals surface area contributed by atoms with Crippen LogP contribution in [0, 0.1) is 0 Å². The van der Waals surface area contributed by atoms with Gasteiger partial charge in [-0.1, -0.05) is 0 Å². The van der Waals surface area contributed by atoms with Gasteiger partial charge in [0.05, 0.1) is 11.3 Å². The third-order valence-electron chi connectivity index (χ3n) is 2.58. The van der Waals surface area contributed by atoms with E-state index in [9.17, 15) is 4.79 Å². The summed E-state index contributed by atoms with van der Waals surface area (Å²) in [7, 11) is 0. The summed E-state index contributed by atoms with van der Waals surface area (Å²) in [5.41, 5.74) is 6.97. The minimum absolute atomic E-state index is 0.241. The number of benzene rings is 1. The molecule has 0 atom stereocenters. The monoisotopic (exact) mass is 368 g/mol. The third kappa shape index (κ3) is 4.35. The number of ether oxygens (including phenoxy) is 1. The molecule has 2 rings (SSSR count). The molecule has 0 aliphatic carbocycles. The van der Waals surface area contributed by atoms with E-state index in [1.807, 2.05) is 39.0 Å². The molecule has 0 saturated carbocycles. The Morgan fingerprint density at radius 1 is 1.43 bits per heavy atom. The normalized spacial score (nSPS) is 11.6. The summed E-state index contributed by atoms with van der Waals surface area (Å²) < 4.78 is 6.17. The summed E-state index contributed by atoms with van der Waals surface area (Å²) in [6.45, 7) is 5.56. The van der Waals surface area contributed by atoms with Gasteiger partial charge in [0, 0.05) is 26.6 Å². The smallest absolute Gasteiger partial charge is 0.316 e. The number of aromatic nitrogens is 1. The van der Waals surface area contributed by atoms with Gasteiger partial charge in [0.1, 0.15) is 5.60 Å². The van der Waals surface area contributed by atoms with Crippen molar-refractivity contribution in [1.82, 2.24) is 4.98 Å². The van der Waals surface area contributed by atoms with Gasteiger partial charge in [0.2, 0.25) is 0 Å². The molecule has 1 aromatic heterocycles. The lowest BCUT2D eigenvalue weighted by Gasteiger charge is -2.19. The number of hydrogen-bond donors (Lipinski definition) is 1. The highest BCUT2D eigenvalue weighted by molar-refractivity contribution is 9.10. The van der Waals surface area contributed by atoms with E-state index >= 15 is 0 Å². The molecule has 0 aliphatic rings. The van der Waals surface area contributed by atoms with Gasteiger partial charge in [-0.15, -0.1) is 11.8 Å². The topological polar surface area (TPSA) is 65.2 Å². The SMILES string of the molecule is CC(C)(C)OC(=O)CSc1ccc(N)c2cc(Br)cnc12. The fourth-order valence-corrected chi connectivity index (χ4v) is 2.94. The van der Waals surface area contributed by atoms with Crippen LogP contribution in [0.4, 0.5) is 5.69 Å². The van der Waals surface area contributed by atoms with Crippen molar-refractivity contribution in [3.05, 3.63) is 28.9 Å². The first kappa shape index (κ1) is 16.1. The predicted octanol–water partition coefficient (Wildman–Crippen LogP) is 4.01. The third-order valence-corrected chi connectivity index (χ3v) is 4.03. The molecule has 1 heterocycles. The second-order valence-corrected chi connectivity index (χ2v) is 7.51. The van der Waals surface area contributed by atoms with Gasteiger partial charge in [-0.05, 0) is 54.9 Å². The van der Waals surface area contributed by atoms with Crippen molar-refractivity contribution < 1.29 is 9.53 Å². The zero-order valence-corrected chi connectivity index (χ0v) is 14.5. The summed E-state index contributed by atoms with van der Waals surface area (Å²) in [5, 5.41) is 0.874. The average molecular weight is 369 g/mol. The van der Waals surface area contributed by atoms with E-state index in [1.165, 1.54) is 11.8 Å². The summed E-state index contributed by atoms with van der Waals surface area (Å²) >= 11 is 4.79. The highest BCUT2D eigenvalue weighted by Gasteiger charge is 2.17. The fourth-order valence-electron chi connectivity index (χ4n) is 1.81. The highest BCUT2D eigenvalue weighted by Crippen LogP contribution is 2.31. The van der Waals surface area contributed by atoms with E-state index in [2.05, 4.69) is 20.9 Å². The van der Waals surface area contributed by atoms with E-state index in [1.54, 1.807) is 6.20 Å². The number of nitrogens with two attached hydrogens (primary N) is 1. The molecule has 0 bridgehead atoms. The highest BCUT2D eigenvalue weighted by atomic mass is 79.9. The second kappa shape index (κ2) is 6.23. The van der Waals surface area contributed by atoms with E-state index in [-0.39, 0.29) is 11.7 Å². The van der Waals surface area contributed by atoms with E-state index < -0.39 is 5.60 Å². The number of nitrogen functional groups attached to an aromatic ring is 1. The molecule has 0 saturated heterocycles. The first-order valence-corrected chi connectivity index (χ1v) is 8.22. The van der Waals surface area contributed by atoms with Crippen LogP contribution in [0.15, 0.2) is 33.8 Å². The summed E-state index contributed by atoms with van der Waals surface area (Å²) in [4.78, 5) is 17.1. The van der Waals surface area contributed by atoms with Crippen molar-refractivity contribution in [2.24, 2.45) is 0 Å². The first-order valence-electron chi connectivity index (χ1n) is 6.44. The van der Waals surface area contributed by atoms with Crippen LogP contribution in [-0.2, 0) is 9.53 Å². The number of thioether (sulfide) groups is 1. The van der Waals surface area contributed by atoms with Crippen molar-refractivity contribution in [3.8, 4) is 0 Å². The van der Waals surface area contributed by atoms with Gasteiger partial charge in [0.15, 0.2) is 0 Å². The molecule has 112 valence electrons. The number of anilines is 1. The molecular formula is C15H17BrN2O2S. The molecule has 2 N–H and O–H groups in total. The maximum atomic E-state index is 11.8. The van der Waals surface area contributed by atoms with Gasteiger partial charge in [-0.25, -0.2) is 0 Å². The molecule has 2 aromatic rings. The molecule has 0 unspecified atom stereocenters. The number of fused-ring (bicyclic) bond motifs is 1. The maximum Gasteiger partial charge on any atom is 0.316 e. The number of halogens is 1. The lowest BCUT2D eigenvalue weighted by molar-refractivity contribution is -0.151. The van der Waals surface area contributed by atoms with Gasteiger partial charge in [0.25, 0.3) is 0 Å². The van der Waals surface area contributed by atoms with Crippen molar-refractivity contribution in [3.63, 3.8) is 0 Å². The molecule has 6 heteroatoms. The zero-order valence-electron chi connectivity index (χ0n) is 12.1. The molecule has 1 aromatic carbocycles. The van der Waals surface area contributed by atoms with Crippen LogP contribution in [0.2, 0.25) is 0 Å². The quantitative estimate of drug-likeness (QED) is 0.503.